The highest BCUT2D eigenvalue weighted by Crippen LogP contribution is 2.38. The summed E-state index contributed by atoms with van der Waals surface area (Å²) >= 11 is 0. The van der Waals surface area contributed by atoms with Crippen molar-refractivity contribution < 1.29 is 5.11 Å². The summed E-state index contributed by atoms with van der Waals surface area (Å²) in [5.41, 5.74) is 7.90. The fraction of sp³-hybridized carbons (Fsp3) is 0.345. The van der Waals surface area contributed by atoms with Gasteiger partial charge in [0.2, 0.25) is 0 Å². The summed E-state index contributed by atoms with van der Waals surface area (Å²) in [6.45, 7) is 17.2. The number of para-hydroxylation sites is 3. The molecule has 3 heteroatoms. The van der Waals surface area contributed by atoms with E-state index in [4.69, 9.17) is 4.99 Å². The van der Waals surface area contributed by atoms with Crippen LogP contribution in [0.4, 0.5) is 17.1 Å². The van der Waals surface area contributed by atoms with Crippen molar-refractivity contribution in [3.63, 3.8) is 0 Å². The van der Waals surface area contributed by atoms with E-state index in [-0.39, 0.29) is 10.8 Å². The maximum Gasteiger partial charge on any atom is 0.128 e. The molecule has 32 heavy (non-hydrogen) atoms. The SMILES string of the molecule is Cc1cccc(C)c1Nc1ccccc1/N=C/c1cc(C(C)(C)C)cc(C(C)(C)C)c1O. The molecule has 0 atom stereocenters. The number of phenols is 1. The van der Waals surface area contributed by atoms with Crippen LogP contribution in [-0.4, -0.2) is 11.3 Å². The molecule has 3 aromatic carbocycles. The molecule has 0 aromatic heterocycles. The van der Waals surface area contributed by atoms with Crippen LogP contribution in [-0.2, 0) is 10.8 Å². The number of hydrogen-bond acceptors (Lipinski definition) is 3. The van der Waals surface area contributed by atoms with Crippen LogP contribution in [0.1, 0.15) is 69.4 Å². The van der Waals surface area contributed by atoms with Gasteiger partial charge in [-0.2, -0.15) is 0 Å². The van der Waals surface area contributed by atoms with Crippen molar-refractivity contribution in [2.45, 2.75) is 66.2 Å². The van der Waals surface area contributed by atoms with E-state index in [1.165, 1.54) is 16.7 Å². The first-order valence-corrected chi connectivity index (χ1v) is 11.2. The summed E-state index contributed by atoms with van der Waals surface area (Å²) < 4.78 is 0. The zero-order valence-corrected chi connectivity index (χ0v) is 20.7. The van der Waals surface area contributed by atoms with Gasteiger partial charge in [0, 0.05) is 23.0 Å². The first-order chi connectivity index (χ1) is 14.9. The molecule has 0 amide bonds. The number of hydrogen-bond donors (Lipinski definition) is 2. The quantitative estimate of drug-likeness (QED) is 0.412. The topological polar surface area (TPSA) is 44.6 Å². The second-order valence-corrected chi connectivity index (χ2v) is 10.6. The maximum atomic E-state index is 11.1. The van der Waals surface area contributed by atoms with Gasteiger partial charge in [0.05, 0.1) is 11.4 Å². The standard InChI is InChI=1S/C29H36N2O/c1-19-12-11-13-20(2)26(19)31-25-15-10-9-14-24(25)30-18-21-16-22(28(3,4)5)17-23(27(21)32)29(6,7)8/h9-18,31-32H,1-8H3/b30-18+. The van der Waals surface area contributed by atoms with Crippen LogP contribution in [0.5, 0.6) is 5.75 Å². The van der Waals surface area contributed by atoms with E-state index in [1.54, 1.807) is 6.21 Å². The van der Waals surface area contributed by atoms with E-state index >= 15 is 0 Å². The third-order valence-corrected chi connectivity index (χ3v) is 5.80. The van der Waals surface area contributed by atoms with Crippen LogP contribution < -0.4 is 5.32 Å². The van der Waals surface area contributed by atoms with E-state index in [0.29, 0.717) is 5.75 Å². The van der Waals surface area contributed by atoms with Crippen LogP contribution in [0, 0.1) is 13.8 Å². The van der Waals surface area contributed by atoms with Crippen molar-refractivity contribution in [3.05, 3.63) is 82.4 Å². The van der Waals surface area contributed by atoms with E-state index in [0.717, 1.165) is 28.2 Å². The fourth-order valence-electron chi connectivity index (χ4n) is 3.74. The minimum Gasteiger partial charge on any atom is -0.507 e. The Hall–Kier alpha value is -3.07. The van der Waals surface area contributed by atoms with Gasteiger partial charge in [0.1, 0.15) is 5.75 Å². The van der Waals surface area contributed by atoms with Crippen molar-refractivity contribution in [2.75, 3.05) is 5.32 Å². The molecule has 0 unspecified atom stereocenters. The van der Waals surface area contributed by atoms with Crippen LogP contribution in [0.15, 0.2) is 59.6 Å². The number of rotatable bonds is 4. The Morgan fingerprint density at radius 2 is 1.44 bits per heavy atom. The van der Waals surface area contributed by atoms with Gasteiger partial charge >= 0.3 is 0 Å². The molecule has 0 aliphatic carbocycles. The molecular weight excluding hydrogens is 392 g/mol. The van der Waals surface area contributed by atoms with Gasteiger partial charge in [-0.25, -0.2) is 0 Å². The maximum absolute atomic E-state index is 11.1. The van der Waals surface area contributed by atoms with Crippen LogP contribution in [0.25, 0.3) is 0 Å². The molecule has 2 N–H and O–H groups in total. The Kier molecular flexibility index (Phi) is 6.50. The van der Waals surface area contributed by atoms with Crippen molar-refractivity contribution in [3.8, 4) is 5.75 Å². The minimum atomic E-state index is -0.171. The molecule has 0 fully saturated rings. The monoisotopic (exact) mass is 428 g/mol. The van der Waals surface area contributed by atoms with Crippen LogP contribution >= 0.6 is 0 Å². The second kappa shape index (κ2) is 8.82. The van der Waals surface area contributed by atoms with E-state index in [2.05, 4.69) is 91.0 Å². The average Bonchev–Trinajstić information content (AvgIpc) is 2.69. The molecule has 0 spiro atoms. The van der Waals surface area contributed by atoms with E-state index in [1.807, 2.05) is 24.3 Å². The summed E-state index contributed by atoms with van der Waals surface area (Å²) in [5.74, 6) is 0.300. The minimum absolute atomic E-state index is 0.0296. The zero-order valence-electron chi connectivity index (χ0n) is 20.7. The van der Waals surface area contributed by atoms with Gasteiger partial charge in [-0.05, 0) is 59.6 Å². The van der Waals surface area contributed by atoms with Crippen molar-refractivity contribution >= 4 is 23.3 Å². The molecule has 3 rings (SSSR count). The smallest absolute Gasteiger partial charge is 0.128 e. The predicted molar refractivity (Wildman–Crippen MR) is 138 cm³/mol. The molecule has 3 nitrogen and oxygen atoms in total. The van der Waals surface area contributed by atoms with Gasteiger partial charge in [0.25, 0.3) is 0 Å². The lowest BCUT2D eigenvalue weighted by Crippen LogP contribution is -2.17. The number of nitrogens with one attached hydrogen (secondary N) is 1. The first kappa shape index (κ1) is 23.6. The van der Waals surface area contributed by atoms with Crippen LogP contribution in [0.3, 0.4) is 0 Å². The summed E-state index contributed by atoms with van der Waals surface area (Å²) in [6, 6.07) is 18.5. The van der Waals surface area contributed by atoms with Gasteiger partial charge in [-0.3, -0.25) is 4.99 Å². The lowest BCUT2D eigenvalue weighted by molar-refractivity contribution is 0.444. The van der Waals surface area contributed by atoms with Crippen LogP contribution in [0.2, 0.25) is 0 Å². The Morgan fingerprint density at radius 3 is 2.03 bits per heavy atom. The molecule has 0 bridgehead atoms. The Labute approximate surface area is 193 Å². The lowest BCUT2D eigenvalue weighted by Gasteiger charge is -2.27. The number of benzene rings is 3. The van der Waals surface area contributed by atoms with E-state index < -0.39 is 0 Å². The largest absolute Gasteiger partial charge is 0.507 e. The second-order valence-electron chi connectivity index (χ2n) is 10.6. The molecule has 0 radical (unpaired) electrons. The van der Waals surface area contributed by atoms with Gasteiger partial charge in [0.15, 0.2) is 0 Å². The third kappa shape index (κ3) is 5.21. The van der Waals surface area contributed by atoms with Crippen molar-refractivity contribution in [1.29, 1.82) is 0 Å². The molecular formula is C29H36N2O. The van der Waals surface area contributed by atoms with E-state index in [9.17, 15) is 5.11 Å². The zero-order chi connectivity index (χ0) is 23.7. The van der Waals surface area contributed by atoms with Gasteiger partial charge in [-0.15, -0.1) is 0 Å². The highest BCUT2D eigenvalue weighted by Gasteiger charge is 2.24. The lowest BCUT2D eigenvalue weighted by atomic mass is 9.79. The Balaban J connectivity index is 2.05. The normalized spacial score (nSPS) is 12.4. The molecule has 3 aromatic rings. The summed E-state index contributed by atoms with van der Waals surface area (Å²) in [5, 5.41) is 14.6. The Bertz CT molecular complexity index is 1120. The Morgan fingerprint density at radius 1 is 0.812 bits per heavy atom. The fourth-order valence-corrected chi connectivity index (χ4v) is 3.74. The molecule has 0 aliphatic heterocycles. The summed E-state index contributed by atoms with van der Waals surface area (Å²) in [6.07, 6.45) is 1.78. The predicted octanol–water partition coefficient (Wildman–Crippen LogP) is 8.10. The van der Waals surface area contributed by atoms with Gasteiger partial charge in [-0.1, -0.05) is 77.9 Å². The highest BCUT2D eigenvalue weighted by atomic mass is 16.3. The average molecular weight is 429 g/mol. The van der Waals surface area contributed by atoms with Crippen molar-refractivity contribution in [2.24, 2.45) is 4.99 Å². The summed E-state index contributed by atoms with van der Waals surface area (Å²) in [7, 11) is 0. The third-order valence-electron chi connectivity index (χ3n) is 5.80. The van der Waals surface area contributed by atoms with Crippen molar-refractivity contribution in [1.82, 2.24) is 0 Å². The summed E-state index contributed by atoms with van der Waals surface area (Å²) in [4.78, 5) is 4.79. The number of nitrogens with zero attached hydrogens (tertiary/aromatic N) is 1. The number of anilines is 2. The highest BCUT2D eigenvalue weighted by molar-refractivity contribution is 5.89. The molecule has 168 valence electrons. The first-order valence-electron chi connectivity index (χ1n) is 11.2. The molecule has 0 heterocycles. The molecule has 0 aliphatic rings. The molecule has 0 saturated heterocycles. The number of phenolic OH excluding ortho intramolecular Hbond substituents is 1. The van der Waals surface area contributed by atoms with Gasteiger partial charge < -0.3 is 10.4 Å². The number of aryl methyl sites for hydroxylation is 2. The number of aliphatic imine (C=N–C) groups is 1. The molecule has 0 saturated carbocycles. The number of aromatic hydroxyl groups is 1.